The first-order valence-electron chi connectivity index (χ1n) is 3.85. The van der Waals surface area contributed by atoms with E-state index >= 15 is 0 Å². The van der Waals surface area contributed by atoms with E-state index in [-0.39, 0.29) is 40.8 Å². The van der Waals surface area contributed by atoms with E-state index in [1.54, 1.807) is 24.4 Å². The molecule has 1 aromatic heterocycles. The van der Waals surface area contributed by atoms with Gasteiger partial charge in [0.2, 0.25) is 0 Å². The van der Waals surface area contributed by atoms with Gasteiger partial charge < -0.3 is 10.6 Å². The van der Waals surface area contributed by atoms with Crippen LogP contribution in [0.2, 0.25) is 0 Å². The van der Waals surface area contributed by atoms with Crippen LogP contribution in [0.3, 0.4) is 0 Å². The summed E-state index contributed by atoms with van der Waals surface area (Å²) in [6.45, 7) is 0. The maximum Gasteiger partial charge on any atom is 1.00 e. The number of carbonyl (C=O) groups excluding carboxylic acids is 1. The molecular formula is C10H8NNaO3. The second kappa shape index (κ2) is 5.82. The second-order valence-corrected chi connectivity index (χ2v) is 2.69. The van der Waals surface area contributed by atoms with Crippen molar-refractivity contribution in [1.29, 1.82) is 0 Å². The molecule has 0 atom stereocenters. The molecule has 72 valence electrons. The minimum absolute atomic E-state index is 0. The van der Waals surface area contributed by atoms with Crippen LogP contribution < -0.4 is 29.6 Å². The molecule has 0 aliphatic carbocycles. The van der Waals surface area contributed by atoms with E-state index in [0.717, 1.165) is 0 Å². The van der Waals surface area contributed by atoms with Crippen LogP contribution in [-0.2, 0) is 0 Å². The average Bonchev–Trinajstić information content (AvgIpc) is 2.18. The summed E-state index contributed by atoms with van der Waals surface area (Å²) in [7, 11) is 0. The van der Waals surface area contributed by atoms with Gasteiger partial charge in [0, 0.05) is 11.6 Å². The third kappa shape index (κ3) is 2.54. The molecule has 5 heteroatoms. The molecule has 1 aromatic carbocycles. The normalized spacial score (nSPS) is 8.80. The molecule has 0 bridgehead atoms. The zero-order chi connectivity index (χ0) is 9.26. The molecule has 0 aliphatic heterocycles. The molecule has 4 nitrogen and oxygen atoms in total. The SMILES string of the molecule is O=Cc1c(O)ccc2ncccc12.[Na+].[OH-]. The number of nitrogens with zero attached hydrogens (tertiary/aromatic N) is 1. The Bertz CT molecular complexity index is 473. The summed E-state index contributed by atoms with van der Waals surface area (Å²) in [5.74, 6) is -0.00417. The van der Waals surface area contributed by atoms with E-state index in [0.29, 0.717) is 22.8 Å². The number of aldehydes is 1. The predicted molar refractivity (Wildman–Crippen MR) is 50.7 cm³/mol. The summed E-state index contributed by atoms with van der Waals surface area (Å²) < 4.78 is 0. The summed E-state index contributed by atoms with van der Waals surface area (Å²) >= 11 is 0. The van der Waals surface area contributed by atoms with Gasteiger partial charge in [-0.25, -0.2) is 0 Å². The van der Waals surface area contributed by atoms with Crippen LogP contribution in [-0.4, -0.2) is 21.9 Å². The van der Waals surface area contributed by atoms with Gasteiger partial charge in [-0.1, -0.05) is 6.07 Å². The number of benzene rings is 1. The molecule has 0 fully saturated rings. The molecule has 1 heterocycles. The Labute approximate surface area is 109 Å². The third-order valence-electron chi connectivity index (χ3n) is 1.92. The molecule has 2 aromatic rings. The zero-order valence-corrected chi connectivity index (χ0v) is 10.2. The van der Waals surface area contributed by atoms with Gasteiger partial charge in [0.1, 0.15) is 5.75 Å². The van der Waals surface area contributed by atoms with Crippen LogP contribution >= 0.6 is 0 Å². The minimum Gasteiger partial charge on any atom is -0.870 e. The number of hydrogen-bond acceptors (Lipinski definition) is 4. The number of rotatable bonds is 1. The van der Waals surface area contributed by atoms with Crippen LogP contribution in [0, 0.1) is 0 Å². The first-order valence-corrected chi connectivity index (χ1v) is 3.85. The molecular weight excluding hydrogens is 205 g/mol. The smallest absolute Gasteiger partial charge is 0.870 e. The molecule has 0 saturated carbocycles. The maximum atomic E-state index is 10.7. The molecule has 2 rings (SSSR count). The first-order chi connectivity index (χ1) is 6.33. The minimum atomic E-state index is -0.00417. The Balaban J connectivity index is 0.000000980. The topological polar surface area (TPSA) is 80.2 Å². The number of fused-ring (bicyclic) bond motifs is 1. The van der Waals surface area contributed by atoms with Crippen molar-refractivity contribution in [3.8, 4) is 5.75 Å². The Morgan fingerprint density at radius 3 is 2.67 bits per heavy atom. The van der Waals surface area contributed by atoms with Crippen molar-refractivity contribution in [2.75, 3.05) is 0 Å². The van der Waals surface area contributed by atoms with E-state index in [4.69, 9.17) is 0 Å². The van der Waals surface area contributed by atoms with Crippen LogP contribution in [0.15, 0.2) is 30.5 Å². The number of aromatic nitrogens is 1. The van der Waals surface area contributed by atoms with Crippen LogP contribution in [0.25, 0.3) is 10.9 Å². The van der Waals surface area contributed by atoms with Gasteiger partial charge in [0.25, 0.3) is 0 Å². The summed E-state index contributed by atoms with van der Waals surface area (Å²) in [6, 6.07) is 6.64. The molecule has 0 amide bonds. The standard InChI is InChI=1S/C10H7NO2.Na.H2O/c12-6-8-7-2-1-5-11-9(7)3-4-10(8)13;;/h1-6,13H;;1H2/q;+1;/p-1. The summed E-state index contributed by atoms with van der Waals surface area (Å²) in [6.07, 6.45) is 2.29. The first kappa shape index (κ1) is 14.1. The van der Waals surface area contributed by atoms with Gasteiger partial charge >= 0.3 is 29.6 Å². The van der Waals surface area contributed by atoms with Gasteiger partial charge in [-0.15, -0.1) is 0 Å². The van der Waals surface area contributed by atoms with E-state index in [1.807, 2.05) is 0 Å². The van der Waals surface area contributed by atoms with E-state index in [1.165, 1.54) is 6.07 Å². The number of phenolic OH excluding ortho intramolecular Hbond substituents is 1. The largest absolute Gasteiger partial charge is 1.00 e. The summed E-state index contributed by atoms with van der Waals surface area (Å²) in [5, 5.41) is 10.0. The van der Waals surface area contributed by atoms with Crippen LogP contribution in [0.4, 0.5) is 0 Å². The summed E-state index contributed by atoms with van der Waals surface area (Å²) in [4.78, 5) is 14.7. The fourth-order valence-corrected chi connectivity index (χ4v) is 1.29. The van der Waals surface area contributed by atoms with Crippen molar-refractivity contribution in [1.82, 2.24) is 4.98 Å². The number of carbonyl (C=O) groups is 1. The molecule has 0 aliphatic rings. The van der Waals surface area contributed by atoms with Crippen molar-refractivity contribution in [3.63, 3.8) is 0 Å². The molecule has 2 N–H and O–H groups in total. The van der Waals surface area contributed by atoms with Gasteiger partial charge in [0.05, 0.1) is 11.1 Å². The van der Waals surface area contributed by atoms with Crippen molar-refractivity contribution in [2.45, 2.75) is 0 Å². The monoisotopic (exact) mass is 213 g/mol. The molecule has 0 spiro atoms. The van der Waals surface area contributed by atoms with Gasteiger partial charge in [0.15, 0.2) is 6.29 Å². The molecule has 0 radical (unpaired) electrons. The fraction of sp³-hybridized carbons (Fsp3) is 0. The predicted octanol–water partition coefficient (Wildman–Crippen LogP) is -1.42. The molecule has 0 unspecified atom stereocenters. The Hall–Kier alpha value is -0.940. The number of aromatic hydroxyl groups is 1. The van der Waals surface area contributed by atoms with Gasteiger partial charge in [-0.3, -0.25) is 9.78 Å². The van der Waals surface area contributed by atoms with Crippen LogP contribution in [0.5, 0.6) is 5.75 Å². The number of hydrogen-bond donors (Lipinski definition) is 1. The van der Waals surface area contributed by atoms with Gasteiger partial charge in [-0.05, 0) is 18.2 Å². The van der Waals surface area contributed by atoms with E-state index in [2.05, 4.69) is 4.98 Å². The Morgan fingerprint density at radius 2 is 2.00 bits per heavy atom. The Morgan fingerprint density at radius 1 is 1.27 bits per heavy atom. The molecule has 15 heavy (non-hydrogen) atoms. The third-order valence-corrected chi connectivity index (χ3v) is 1.92. The number of phenols is 1. The quantitative estimate of drug-likeness (QED) is 0.465. The van der Waals surface area contributed by atoms with E-state index < -0.39 is 0 Å². The van der Waals surface area contributed by atoms with Gasteiger partial charge in [-0.2, -0.15) is 0 Å². The number of pyridine rings is 1. The maximum absolute atomic E-state index is 10.7. The van der Waals surface area contributed by atoms with Crippen molar-refractivity contribution >= 4 is 17.2 Å². The summed E-state index contributed by atoms with van der Waals surface area (Å²) in [5.41, 5.74) is 1.01. The van der Waals surface area contributed by atoms with E-state index in [9.17, 15) is 9.90 Å². The van der Waals surface area contributed by atoms with Crippen molar-refractivity contribution in [2.24, 2.45) is 0 Å². The average molecular weight is 213 g/mol. The Kier molecular flexibility index (Phi) is 5.46. The fourth-order valence-electron chi connectivity index (χ4n) is 1.29. The van der Waals surface area contributed by atoms with Crippen molar-refractivity contribution in [3.05, 3.63) is 36.0 Å². The van der Waals surface area contributed by atoms with Crippen molar-refractivity contribution < 1.29 is 44.9 Å². The zero-order valence-electron chi connectivity index (χ0n) is 8.21. The second-order valence-electron chi connectivity index (χ2n) is 2.69. The molecule has 0 saturated heterocycles. The van der Waals surface area contributed by atoms with Crippen LogP contribution in [0.1, 0.15) is 10.4 Å².